The molecule has 1 saturated heterocycles. The normalized spacial score (nSPS) is 20.2. The SMILES string of the molecule is Cc1ccc2nc(N3CCS(O)(O)c4ccccc4C3)cc(NC3CCNCC3)c2c1. The number of aromatic nitrogens is 1. The van der Waals surface area contributed by atoms with Crippen LogP contribution in [0.5, 0.6) is 0 Å². The average molecular weight is 439 g/mol. The van der Waals surface area contributed by atoms with Gasteiger partial charge >= 0.3 is 0 Å². The average Bonchev–Trinajstić information content (AvgIpc) is 2.91. The molecule has 0 saturated carbocycles. The van der Waals surface area contributed by atoms with Crippen LogP contribution in [0.2, 0.25) is 0 Å². The maximum absolute atomic E-state index is 10.7. The molecule has 4 N–H and O–H groups in total. The first-order valence-corrected chi connectivity index (χ1v) is 12.7. The molecule has 0 radical (unpaired) electrons. The first kappa shape index (κ1) is 20.6. The van der Waals surface area contributed by atoms with Gasteiger partial charge in [-0.25, -0.2) is 4.98 Å². The maximum Gasteiger partial charge on any atom is 0.131 e. The number of benzene rings is 2. The lowest BCUT2D eigenvalue weighted by Crippen LogP contribution is -2.35. The minimum Gasteiger partial charge on any atom is -0.382 e. The summed E-state index contributed by atoms with van der Waals surface area (Å²) in [5, 5.41) is 8.35. The lowest BCUT2D eigenvalue weighted by molar-refractivity contribution is 0.479. The molecule has 1 fully saturated rings. The topological polar surface area (TPSA) is 80.7 Å². The van der Waals surface area contributed by atoms with E-state index in [0.29, 0.717) is 29.8 Å². The molecule has 6 nitrogen and oxygen atoms in total. The molecule has 3 heterocycles. The van der Waals surface area contributed by atoms with Gasteiger partial charge in [-0.05, 0) is 56.6 Å². The van der Waals surface area contributed by atoms with E-state index >= 15 is 0 Å². The number of nitrogens with zero attached hydrogens (tertiary/aromatic N) is 2. The summed E-state index contributed by atoms with van der Waals surface area (Å²) in [6, 6.07) is 16.6. The Morgan fingerprint density at radius 2 is 1.90 bits per heavy atom. The fraction of sp³-hybridized carbons (Fsp3) is 0.375. The van der Waals surface area contributed by atoms with Crippen molar-refractivity contribution in [2.45, 2.75) is 37.2 Å². The van der Waals surface area contributed by atoms with Crippen molar-refractivity contribution < 1.29 is 9.11 Å². The third-order valence-electron chi connectivity index (χ3n) is 6.31. The first-order chi connectivity index (χ1) is 15.0. The molecular formula is C24H30N4O2S. The van der Waals surface area contributed by atoms with Gasteiger partial charge in [-0.3, -0.25) is 9.11 Å². The highest BCUT2D eigenvalue weighted by Gasteiger charge is 2.27. The van der Waals surface area contributed by atoms with Gasteiger partial charge in [-0.15, -0.1) is 0 Å². The fourth-order valence-electron chi connectivity index (χ4n) is 4.57. The molecule has 31 heavy (non-hydrogen) atoms. The molecule has 0 bridgehead atoms. The molecule has 0 atom stereocenters. The summed E-state index contributed by atoms with van der Waals surface area (Å²) < 4.78 is 21.4. The Kier molecular flexibility index (Phi) is 5.52. The number of hydrogen-bond acceptors (Lipinski definition) is 6. The van der Waals surface area contributed by atoms with Crippen LogP contribution in [0.1, 0.15) is 24.0 Å². The molecular weight excluding hydrogens is 408 g/mol. The number of rotatable bonds is 3. The molecule has 0 spiro atoms. The largest absolute Gasteiger partial charge is 0.382 e. The van der Waals surface area contributed by atoms with Gasteiger partial charge in [0, 0.05) is 36.3 Å². The van der Waals surface area contributed by atoms with Gasteiger partial charge in [0.1, 0.15) is 5.82 Å². The van der Waals surface area contributed by atoms with E-state index in [1.807, 2.05) is 24.3 Å². The van der Waals surface area contributed by atoms with Crippen molar-refractivity contribution in [2.75, 3.05) is 35.6 Å². The van der Waals surface area contributed by atoms with E-state index in [-0.39, 0.29) is 0 Å². The highest BCUT2D eigenvalue weighted by molar-refractivity contribution is 8.24. The number of piperidine rings is 1. The third kappa shape index (κ3) is 4.23. The maximum atomic E-state index is 10.7. The second-order valence-corrected chi connectivity index (χ2v) is 10.8. The van der Waals surface area contributed by atoms with Crippen LogP contribution in [0.3, 0.4) is 0 Å². The van der Waals surface area contributed by atoms with E-state index in [4.69, 9.17) is 4.98 Å². The zero-order chi connectivity index (χ0) is 21.4. The van der Waals surface area contributed by atoms with Crippen molar-refractivity contribution in [3.05, 3.63) is 59.7 Å². The van der Waals surface area contributed by atoms with Gasteiger partial charge in [-0.1, -0.05) is 29.8 Å². The Morgan fingerprint density at radius 3 is 2.74 bits per heavy atom. The summed E-state index contributed by atoms with van der Waals surface area (Å²) in [5.74, 6) is 1.19. The molecule has 164 valence electrons. The van der Waals surface area contributed by atoms with E-state index in [0.717, 1.165) is 53.9 Å². The summed E-state index contributed by atoms with van der Waals surface area (Å²) in [4.78, 5) is 7.82. The predicted molar refractivity (Wildman–Crippen MR) is 129 cm³/mol. The molecule has 2 aliphatic rings. The molecule has 1 aromatic heterocycles. The molecule has 7 heteroatoms. The van der Waals surface area contributed by atoms with Crippen LogP contribution in [0.25, 0.3) is 10.9 Å². The van der Waals surface area contributed by atoms with Crippen molar-refractivity contribution >= 4 is 33.0 Å². The second kappa shape index (κ2) is 8.31. The minimum absolute atomic E-state index is 0.314. The molecule has 2 aromatic carbocycles. The molecule has 3 aromatic rings. The summed E-state index contributed by atoms with van der Waals surface area (Å²) in [7, 11) is -2.79. The Bertz CT molecular complexity index is 1100. The Balaban J connectivity index is 1.54. The van der Waals surface area contributed by atoms with Gasteiger partial charge in [0.2, 0.25) is 0 Å². The lowest BCUT2D eigenvalue weighted by atomic mass is 10.0. The molecule has 0 aliphatic carbocycles. The fourth-order valence-corrected chi connectivity index (χ4v) is 6.12. The zero-order valence-corrected chi connectivity index (χ0v) is 18.7. The summed E-state index contributed by atoms with van der Waals surface area (Å²) in [6.07, 6.45) is 2.20. The van der Waals surface area contributed by atoms with Crippen molar-refractivity contribution in [3.8, 4) is 0 Å². The van der Waals surface area contributed by atoms with Gasteiger partial charge < -0.3 is 15.5 Å². The van der Waals surface area contributed by atoms with Crippen LogP contribution in [-0.2, 0) is 6.54 Å². The van der Waals surface area contributed by atoms with Crippen LogP contribution in [0.15, 0.2) is 53.4 Å². The molecule has 2 aliphatic heterocycles. The molecule has 5 rings (SSSR count). The van der Waals surface area contributed by atoms with Gasteiger partial charge in [0.25, 0.3) is 0 Å². The smallest absolute Gasteiger partial charge is 0.131 e. The van der Waals surface area contributed by atoms with E-state index in [2.05, 4.69) is 46.7 Å². The van der Waals surface area contributed by atoms with Gasteiger partial charge in [-0.2, -0.15) is 10.6 Å². The number of anilines is 2. The number of fused-ring (bicyclic) bond motifs is 2. The monoisotopic (exact) mass is 438 g/mol. The summed E-state index contributed by atoms with van der Waals surface area (Å²) >= 11 is 0. The number of aryl methyl sites for hydroxylation is 1. The molecule has 0 unspecified atom stereocenters. The zero-order valence-electron chi connectivity index (χ0n) is 17.8. The van der Waals surface area contributed by atoms with E-state index < -0.39 is 10.6 Å². The van der Waals surface area contributed by atoms with Crippen LogP contribution in [-0.4, -0.2) is 45.5 Å². The second-order valence-electron chi connectivity index (χ2n) is 8.62. The number of nitrogens with one attached hydrogen (secondary N) is 2. The number of pyridine rings is 1. The van der Waals surface area contributed by atoms with E-state index in [1.165, 1.54) is 5.56 Å². The van der Waals surface area contributed by atoms with Gasteiger partial charge in [0.05, 0.1) is 16.2 Å². The Hall–Kier alpha value is -2.32. The summed E-state index contributed by atoms with van der Waals surface area (Å²) in [6.45, 7) is 5.34. The van der Waals surface area contributed by atoms with Crippen LogP contribution in [0.4, 0.5) is 11.5 Å². The van der Waals surface area contributed by atoms with Crippen molar-refractivity contribution in [1.82, 2.24) is 10.3 Å². The van der Waals surface area contributed by atoms with Crippen LogP contribution in [0, 0.1) is 6.92 Å². The van der Waals surface area contributed by atoms with Gasteiger partial charge in [0.15, 0.2) is 0 Å². The number of hydrogen-bond donors (Lipinski definition) is 4. The first-order valence-electron chi connectivity index (χ1n) is 11.0. The van der Waals surface area contributed by atoms with Crippen LogP contribution < -0.4 is 15.5 Å². The van der Waals surface area contributed by atoms with E-state index in [9.17, 15) is 9.11 Å². The Morgan fingerprint density at radius 1 is 1.10 bits per heavy atom. The summed E-state index contributed by atoms with van der Waals surface area (Å²) in [5.41, 5.74) is 4.25. The van der Waals surface area contributed by atoms with Crippen molar-refractivity contribution in [3.63, 3.8) is 0 Å². The Labute approximate surface area is 185 Å². The minimum atomic E-state index is -2.79. The quantitative estimate of drug-likeness (QED) is 0.469. The van der Waals surface area contributed by atoms with Crippen molar-refractivity contribution in [1.29, 1.82) is 0 Å². The third-order valence-corrected chi connectivity index (χ3v) is 8.16. The highest BCUT2D eigenvalue weighted by atomic mass is 32.3. The molecule has 0 amide bonds. The standard InChI is InChI=1S/C24H30N4O2S/c1-17-6-7-21-20(14-17)22(26-19-8-10-25-11-9-19)15-24(27-21)28-12-13-31(29,30)23-5-3-2-4-18(23)16-28/h2-7,14-15,19,25,29-30H,8-13,16H2,1H3,(H,26,27). The van der Waals surface area contributed by atoms with E-state index in [1.54, 1.807) is 0 Å². The van der Waals surface area contributed by atoms with Crippen LogP contribution >= 0.6 is 10.6 Å². The predicted octanol–water partition coefficient (Wildman–Crippen LogP) is 4.84. The van der Waals surface area contributed by atoms with Crippen molar-refractivity contribution in [2.24, 2.45) is 0 Å². The lowest BCUT2D eigenvalue weighted by Gasteiger charge is -2.32. The highest BCUT2D eigenvalue weighted by Crippen LogP contribution is 2.51.